The lowest BCUT2D eigenvalue weighted by Gasteiger charge is -2.08. The van der Waals surface area contributed by atoms with Crippen LogP contribution in [0.15, 0.2) is 18.2 Å². The van der Waals surface area contributed by atoms with Crippen LogP contribution in [0, 0.1) is 0 Å². The van der Waals surface area contributed by atoms with Gasteiger partial charge in [0.15, 0.2) is 6.61 Å². The topological polar surface area (TPSA) is 35.5 Å². The van der Waals surface area contributed by atoms with Crippen LogP contribution < -0.4 is 4.74 Å². The highest BCUT2D eigenvalue weighted by Gasteiger charge is 2.06. The first kappa shape index (κ1) is 12.3. The van der Waals surface area contributed by atoms with Crippen LogP contribution in [0.1, 0.15) is 5.56 Å². The number of hydrogen-bond acceptors (Lipinski definition) is 3. The largest absolute Gasteiger partial charge is 0.482 e. The van der Waals surface area contributed by atoms with E-state index in [4.69, 9.17) is 16.3 Å². The van der Waals surface area contributed by atoms with Crippen molar-refractivity contribution in [2.75, 3.05) is 13.7 Å². The Labute approximate surface area is 101 Å². The van der Waals surface area contributed by atoms with E-state index < -0.39 is 5.97 Å². The van der Waals surface area contributed by atoms with Gasteiger partial charge >= 0.3 is 5.97 Å². The van der Waals surface area contributed by atoms with Gasteiger partial charge in [0, 0.05) is 15.9 Å². The lowest BCUT2D eigenvalue weighted by molar-refractivity contribution is -0.142. The molecule has 1 rings (SSSR count). The SMILES string of the molecule is COC(=O)COc1ccc(Cl)cc1CBr. The Bertz CT molecular complexity index is 355. The van der Waals surface area contributed by atoms with Crippen LogP contribution in [0.5, 0.6) is 5.75 Å². The van der Waals surface area contributed by atoms with Gasteiger partial charge in [0.2, 0.25) is 0 Å². The summed E-state index contributed by atoms with van der Waals surface area (Å²) in [7, 11) is 1.32. The van der Waals surface area contributed by atoms with Gasteiger partial charge in [-0.25, -0.2) is 4.79 Å². The molecular weight excluding hydrogens is 283 g/mol. The van der Waals surface area contributed by atoms with E-state index in [1.165, 1.54) is 7.11 Å². The number of rotatable bonds is 4. The summed E-state index contributed by atoms with van der Waals surface area (Å²) in [4.78, 5) is 10.9. The van der Waals surface area contributed by atoms with Crippen molar-refractivity contribution < 1.29 is 14.3 Å². The maximum Gasteiger partial charge on any atom is 0.343 e. The van der Waals surface area contributed by atoms with Gasteiger partial charge in [-0.2, -0.15) is 0 Å². The summed E-state index contributed by atoms with van der Waals surface area (Å²) in [6.07, 6.45) is 0. The van der Waals surface area contributed by atoms with Gasteiger partial charge in [-0.1, -0.05) is 27.5 Å². The second kappa shape index (κ2) is 5.98. The predicted molar refractivity (Wildman–Crippen MR) is 61.6 cm³/mol. The van der Waals surface area contributed by atoms with E-state index in [-0.39, 0.29) is 6.61 Å². The number of carbonyl (C=O) groups excluding carboxylic acids is 1. The average molecular weight is 294 g/mol. The molecule has 0 aliphatic carbocycles. The van der Waals surface area contributed by atoms with Crippen LogP contribution in [0.4, 0.5) is 0 Å². The lowest BCUT2D eigenvalue weighted by Crippen LogP contribution is -2.13. The Morgan fingerprint density at radius 1 is 1.53 bits per heavy atom. The van der Waals surface area contributed by atoms with Gasteiger partial charge in [-0.3, -0.25) is 0 Å². The molecule has 0 bridgehead atoms. The number of methoxy groups -OCH3 is 1. The van der Waals surface area contributed by atoms with Crippen LogP contribution in [-0.4, -0.2) is 19.7 Å². The molecule has 0 saturated heterocycles. The molecule has 3 nitrogen and oxygen atoms in total. The molecule has 5 heteroatoms. The number of carbonyl (C=O) groups is 1. The first-order chi connectivity index (χ1) is 7.17. The number of halogens is 2. The van der Waals surface area contributed by atoms with Gasteiger partial charge < -0.3 is 9.47 Å². The Kier molecular flexibility index (Phi) is 4.91. The number of ether oxygens (including phenoxy) is 2. The van der Waals surface area contributed by atoms with E-state index in [9.17, 15) is 4.79 Å². The second-order valence-electron chi connectivity index (χ2n) is 2.75. The molecule has 0 spiro atoms. The fourth-order valence-corrected chi connectivity index (χ4v) is 1.62. The van der Waals surface area contributed by atoms with E-state index in [2.05, 4.69) is 20.7 Å². The normalized spacial score (nSPS) is 9.80. The van der Waals surface area contributed by atoms with E-state index in [1.807, 2.05) is 0 Å². The van der Waals surface area contributed by atoms with Gasteiger partial charge in [0.05, 0.1) is 7.11 Å². The van der Waals surface area contributed by atoms with Gasteiger partial charge in [0.1, 0.15) is 5.75 Å². The zero-order valence-electron chi connectivity index (χ0n) is 8.13. The average Bonchev–Trinajstić information content (AvgIpc) is 2.26. The highest BCUT2D eigenvalue weighted by atomic mass is 79.9. The van der Waals surface area contributed by atoms with Crippen molar-refractivity contribution in [1.29, 1.82) is 0 Å². The molecule has 82 valence electrons. The maximum absolute atomic E-state index is 10.9. The number of hydrogen-bond donors (Lipinski definition) is 0. The van der Waals surface area contributed by atoms with E-state index >= 15 is 0 Å². The summed E-state index contributed by atoms with van der Waals surface area (Å²) < 4.78 is 9.74. The minimum absolute atomic E-state index is 0.0991. The second-order valence-corrected chi connectivity index (χ2v) is 3.75. The smallest absolute Gasteiger partial charge is 0.343 e. The van der Waals surface area contributed by atoms with Gasteiger partial charge in [-0.05, 0) is 18.2 Å². The van der Waals surface area contributed by atoms with E-state index in [1.54, 1.807) is 18.2 Å². The van der Waals surface area contributed by atoms with Crippen LogP contribution in [0.25, 0.3) is 0 Å². The standard InChI is InChI=1S/C10H10BrClO3/c1-14-10(13)6-15-9-3-2-8(12)4-7(9)5-11/h2-4H,5-6H2,1H3. The lowest BCUT2D eigenvalue weighted by atomic mass is 10.2. The Hall–Kier alpha value is -0.740. The minimum Gasteiger partial charge on any atom is -0.482 e. The fourth-order valence-electron chi connectivity index (χ4n) is 0.989. The molecule has 0 aliphatic heterocycles. The molecule has 0 N–H and O–H groups in total. The highest BCUT2D eigenvalue weighted by molar-refractivity contribution is 9.08. The molecule has 0 aromatic heterocycles. The summed E-state index contributed by atoms with van der Waals surface area (Å²) in [6.45, 7) is -0.0991. The quantitative estimate of drug-likeness (QED) is 0.632. The zero-order valence-corrected chi connectivity index (χ0v) is 10.5. The molecule has 1 aromatic rings. The molecular formula is C10H10BrClO3. The van der Waals surface area contributed by atoms with Crippen LogP contribution in [-0.2, 0) is 14.9 Å². The Morgan fingerprint density at radius 3 is 2.87 bits per heavy atom. The molecule has 1 aromatic carbocycles. The monoisotopic (exact) mass is 292 g/mol. The van der Waals surface area contributed by atoms with Crippen molar-refractivity contribution in [3.8, 4) is 5.75 Å². The molecule has 0 heterocycles. The van der Waals surface area contributed by atoms with Crippen molar-refractivity contribution in [3.05, 3.63) is 28.8 Å². The van der Waals surface area contributed by atoms with Crippen molar-refractivity contribution in [2.45, 2.75) is 5.33 Å². The Balaban J connectivity index is 2.72. The molecule has 0 fully saturated rings. The molecule has 0 aliphatic rings. The summed E-state index contributed by atoms with van der Waals surface area (Å²) in [5.74, 6) is 0.215. The third kappa shape index (κ3) is 3.72. The molecule has 0 unspecified atom stereocenters. The first-order valence-corrected chi connectivity index (χ1v) is 5.71. The van der Waals surface area contributed by atoms with Crippen LogP contribution in [0.2, 0.25) is 5.02 Å². The molecule has 0 saturated carbocycles. The number of benzene rings is 1. The van der Waals surface area contributed by atoms with Crippen molar-refractivity contribution in [2.24, 2.45) is 0 Å². The third-order valence-corrected chi connectivity index (χ3v) is 2.58. The molecule has 0 radical (unpaired) electrons. The minimum atomic E-state index is -0.412. The van der Waals surface area contributed by atoms with Crippen molar-refractivity contribution >= 4 is 33.5 Å². The van der Waals surface area contributed by atoms with Crippen LogP contribution in [0.3, 0.4) is 0 Å². The summed E-state index contributed by atoms with van der Waals surface area (Å²) >= 11 is 9.13. The summed E-state index contributed by atoms with van der Waals surface area (Å²) in [6, 6.07) is 5.21. The number of alkyl halides is 1. The molecule has 0 amide bonds. The first-order valence-electron chi connectivity index (χ1n) is 4.21. The summed E-state index contributed by atoms with van der Waals surface area (Å²) in [5.41, 5.74) is 0.895. The molecule has 0 atom stereocenters. The van der Waals surface area contributed by atoms with Gasteiger partial charge in [-0.15, -0.1) is 0 Å². The number of esters is 1. The van der Waals surface area contributed by atoms with E-state index in [0.717, 1.165) is 5.56 Å². The van der Waals surface area contributed by atoms with Crippen molar-refractivity contribution in [1.82, 2.24) is 0 Å². The van der Waals surface area contributed by atoms with Crippen LogP contribution >= 0.6 is 27.5 Å². The maximum atomic E-state index is 10.9. The summed E-state index contributed by atoms with van der Waals surface area (Å²) in [5, 5.41) is 1.25. The Morgan fingerprint density at radius 2 is 2.27 bits per heavy atom. The van der Waals surface area contributed by atoms with Gasteiger partial charge in [0.25, 0.3) is 0 Å². The van der Waals surface area contributed by atoms with E-state index in [0.29, 0.717) is 16.1 Å². The zero-order chi connectivity index (χ0) is 11.3. The third-order valence-electron chi connectivity index (χ3n) is 1.74. The highest BCUT2D eigenvalue weighted by Crippen LogP contribution is 2.24. The predicted octanol–water partition coefficient (Wildman–Crippen LogP) is 2.79. The molecule has 15 heavy (non-hydrogen) atoms. The van der Waals surface area contributed by atoms with Crippen molar-refractivity contribution in [3.63, 3.8) is 0 Å². The fraction of sp³-hybridized carbons (Fsp3) is 0.300.